The summed E-state index contributed by atoms with van der Waals surface area (Å²) in [6.45, 7) is 5.38. The molecule has 2 fully saturated rings. The van der Waals surface area contributed by atoms with Crippen molar-refractivity contribution < 1.29 is 33.6 Å². The number of carbonyl (C=O) groups is 2. The number of Topliss-reactive ketones (excluding diaryl/α,β-unsaturated/α-hetero) is 1. The maximum absolute atomic E-state index is 13.4. The fourth-order valence-electron chi connectivity index (χ4n) is 4.67. The first-order valence-corrected chi connectivity index (χ1v) is 11.9. The Morgan fingerprint density at radius 1 is 1.09 bits per heavy atom. The van der Waals surface area contributed by atoms with E-state index in [1.165, 1.54) is 12.0 Å². The summed E-state index contributed by atoms with van der Waals surface area (Å²) in [4.78, 5) is 28.1. The summed E-state index contributed by atoms with van der Waals surface area (Å²) in [5.41, 5.74) is 0.908. The minimum absolute atomic E-state index is 0.0115. The van der Waals surface area contributed by atoms with Gasteiger partial charge in [0.15, 0.2) is 0 Å². The largest absolute Gasteiger partial charge is 0.507 e. The molecule has 2 aliphatic rings. The van der Waals surface area contributed by atoms with Gasteiger partial charge < -0.3 is 29.0 Å². The van der Waals surface area contributed by atoms with Crippen LogP contribution in [0.5, 0.6) is 17.2 Å². The van der Waals surface area contributed by atoms with Gasteiger partial charge in [-0.25, -0.2) is 0 Å². The number of benzene rings is 2. The molecular formula is C27H31NO7. The van der Waals surface area contributed by atoms with Crippen molar-refractivity contribution in [3.63, 3.8) is 0 Å². The SMILES string of the molecule is CCOc1ccc(/C(O)=C2\C(=O)C(=O)N(CC3CCCO3)C2c2ccccc2OC)c(OCC)c1. The standard InChI is InChI=1S/C27H31NO7/c1-4-33-17-12-13-20(22(15-17)34-5-2)25(29)23-24(19-10-6-7-11-21(19)32-3)28(27(31)26(23)30)16-18-9-8-14-35-18/h6-7,10-13,15,18,24,29H,4-5,8-9,14,16H2,1-3H3/b25-23+. The highest BCUT2D eigenvalue weighted by Crippen LogP contribution is 2.44. The number of aliphatic hydroxyl groups is 1. The fourth-order valence-corrected chi connectivity index (χ4v) is 4.67. The van der Waals surface area contributed by atoms with Crippen LogP contribution < -0.4 is 14.2 Å². The maximum Gasteiger partial charge on any atom is 0.295 e. The number of amides is 1. The van der Waals surface area contributed by atoms with Gasteiger partial charge in [0.25, 0.3) is 11.7 Å². The highest BCUT2D eigenvalue weighted by atomic mass is 16.5. The van der Waals surface area contributed by atoms with Crippen LogP contribution in [0.25, 0.3) is 5.76 Å². The number of nitrogens with zero attached hydrogens (tertiary/aromatic N) is 1. The van der Waals surface area contributed by atoms with Gasteiger partial charge in [-0.1, -0.05) is 18.2 Å². The molecule has 0 radical (unpaired) electrons. The summed E-state index contributed by atoms with van der Waals surface area (Å²) in [5, 5.41) is 11.5. The van der Waals surface area contributed by atoms with E-state index in [1.807, 2.05) is 26.0 Å². The van der Waals surface area contributed by atoms with Gasteiger partial charge in [-0.05, 0) is 44.9 Å². The van der Waals surface area contributed by atoms with Crippen LogP contribution >= 0.6 is 0 Å². The zero-order valence-corrected chi connectivity index (χ0v) is 20.3. The van der Waals surface area contributed by atoms with E-state index in [-0.39, 0.29) is 24.0 Å². The molecule has 1 N–H and O–H groups in total. The lowest BCUT2D eigenvalue weighted by Crippen LogP contribution is -2.36. The van der Waals surface area contributed by atoms with E-state index in [1.54, 1.807) is 30.3 Å². The molecule has 2 aliphatic heterocycles. The van der Waals surface area contributed by atoms with Crippen LogP contribution in [0, 0.1) is 0 Å². The Labute approximate surface area is 205 Å². The molecule has 0 spiro atoms. The Hall–Kier alpha value is -3.52. The van der Waals surface area contributed by atoms with E-state index in [0.29, 0.717) is 48.2 Å². The van der Waals surface area contributed by atoms with Crippen molar-refractivity contribution >= 4 is 17.4 Å². The molecule has 186 valence electrons. The molecule has 1 amide bonds. The van der Waals surface area contributed by atoms with Crippen LogP contribution in [0.4, 0.5) is 0 Å². The van der Waals surface area contributed by atoms with Gasteiger partial charge in [-0.3, -0.25) is 9.59 Å². The second-order valence-corrected chi connectivity index (χ2v) is 8.35. The molecule has 0 aromatic heterocycles. The van der Waals surface area contributed by atoms with Crippen molar-refractivity contribution in [1.82, 2.24) is 4.90 Å². The Bertz CT molecular complexity index is 1120. The first-order chi connectivity index (χ1) is 17.0. The number of carbonyl (C=O) groups excluding carboxylic acids is 2. The Balaban J connectivity index is 1.87. The lowest BCUT2D eigenvalue weighted by Gasteiger charge is -2.28. The van der Waals surface area contributed by atoms with Gasteiger partial charge in [0.2, 0.25) is 0 Å². The molecule has 0 bridgehead atoms. The predicted molar refractivity (Wildman–Crippen MR) is 130 cm³/mol. The van der Waals surface area contributed by atoms with E-state index in [0.717, 1.165) is 12.8 Å². The van der Waals surface area contributed by atoms with Gasteiger partial charge in [0.1, 0.15) is 23.0 Å². The van der Waals surface area contributed by atoms with Crippen LogP contribution in [-0.4, -0.2) is 61.3 Å². The lowest BCUT2D eigenvalue weighted by molar-refractivity contribution is -0.140. The minimum atomic E-state index is -0.837. The molecule has 4 rings (SSSR count). The highest BCUT2D eigenvalue weighted by molar-refractivity contribution is 6.46. The molecular weight excluding hydrogens is 450 g/mol. The number of ketones is 1. The van der Waals surface area contributed by atoms with Crippen molar-refractivity contribution in [2.75, 3.05) is 33.5 Å². The number of hydrogen-bond donors (Lipinski definition) is 1. The highest BCUT2D eigenvalue weighted by Gasteiger charge is 2.48. The van der Waals surface area contributed by atoms with Crippen molar-refractivity contribution in [2.24, 2.45) is 0 Å². The second-order valence-electron chi connectivity index (χ2n) is 8.35. The van der Waals surface area contributed by atoms with Crippen LogP contribution in [0.15, 0.2) is 48.0 Å². The molecule has 2 aromatic carbocycles. The first-order valence-electron chi connectivity index (χ1n) is 11.9. The molecule has 2 saturated heterocycles. The van der Waals surface area contributed by atoms with Crippen LogP contribution in [0.2, 0.25) is 0 Å². The zero-order valence-electron chi connectivity index (χ0n) is 20.3. The van der Waals surface area contributed by atoms with Gasteiger partial charge in [0, 0.05) is 24.8 Å². The molecule has 2 unspecified atom stereocenters. The summed E-state index contributed by atoms with van der Waals surface area (Å²) < 4.78 is 22.6. The maximum atomic E-state index is 13.4. The summed E-state index contributed by atoms with van der Waals surface area (Å²) in [5.74, 6) is -0.290. The Morgan fingerprint density at radius 3 is 2.54 bits per heavy atom. The van der Waals surface area contributed by atoms with Crippen molar-refractivity contribution in [2.45, 2.75) is 38.8 Å². The number of methoxy groups -OCH3 is 1. The molecule has 0 aliphatic carbocycles. The number of aliphatic hydroxyl groups excluding tert-OH is 1. The average molecular weight is 482 g/mol. The average Bonchev–Trinajstić information content (AvgIpc) is 3.46. The molecule has 8 heteroatoms. The third kappa shape index (κ3) is 4.84. The molecule has 8 nitrogen and oxygen atoms in total. The van der Waals surface area contributed by atoms with Gasteiger partial charge in [-0.2, -0.15) is 0 Å². The number of likely N-dealkylation sites (tertiary alicyclic amines) is 1. The number of para-hydroxylation sites is 1. The van der Waals surface area contributed by atoms with E-state index in [2.05, 4.69) is 0 Å². The van der Waals surface area contributed by atoms with Gasteiger partial charge >= 0.3 is 0 Å². The molecule has 2 atom stereocenters. The zero-order chi connectivity index (χ0) is 24.9. The normalized spacial score (nSPS) is 21.4. The predicted octanol–water partition coefficient (Wildman–Crippen LogP) is 4.09. The molecule has 2 aromatic rings. The molecule has 35 heavy (non-hydrogen) atoms. The van der Waals surface area contributed by atoms with Gasteiger partial charge in [-0.15, -0.1) is 0 Å². The van der Waals surface area contributed by atoms with Crippen molar-refractivity contribution in [3.05, 3.63) is 59.2 Å². The lowest BCUT2D eigenvalue weighted by atomic mass is 9.94. The monoisotopic (exact) mass is 481 g/mol. The molecule has 2 heterocycles. The van der Waals surface area contributed by atoms with E-state index in [4.69, 9.17) is 18.9 Å². The Morgan fingerprint density at radius 2 is 1.86 bits per heavy atom. The summed E-state index contributed by atoms with van der Waals surface area (Å²) in [6.07, 6.45) is 1.53. The number of hydrogen-bond acceptors (Lipinski definition) is 7. The van der Waals surface area contributed by atoms with Gasteiger partial charge in [0.05, 0.1) is 43.6 Å². The number of rotatable bonds is 9. The molecule has 0 saturated carbocycles. The van der Waals surface area contributed by atoms with E-state index >= 15 is 0 Å². The fraction of sp³-hybridized carbons (Fsp3) is 0.407. The topological polar surface area (TPSA) is 94.5 Å². The van der Waals surface area contributed by atoms with Crippen LogP contribution in [-0.2, 0) is 14.3 Å². The first kappa shape index (κ1) is 24.6. The van der Waals surface area contributed by atoms with Crippen molar-refractivity contribution in [3.8, 4) is 17.2 Å². The van der Waals surface area contributed by atoms with Crippen molar-refractivity contribution in [1.29, 1.82) is 0 Å². The smallest absolute Gasteiger partial charge is 0.295 e. The van der Waals surface area contributed by atoms with E-state index < -0.39 is 17.7 Å². The third-order valence-electron chi connectivity index (χ3n) is 6.22. The second kappa shape index (κ2) is 10.8. The third-order valence-corrected chi connectivity index (χ3v) is 6.22. The quantitative estimate of drug-likeness (QED) is 0.327. The minimum Gasteiger partial charge on any atom is -0.507 e. The van der Waals surface area contributed by atoms with Crippen LogP contribution in [0.3, 0.4) is 0 Å². The Kier molecular flexibility index (Phi) is 7.60. The summed E-state index contributed by atoms with van der Waals surface area (Å²) >= 11 is 0. The number of ether oxygens (including phenoxy) is 4. The summed E-state index contributed by atoms with van der Waals surface area (Å²) in [6, 6.07) is 11.4. The van der Waals surface area contributed by atoms with Crippen LogP contribution in [0.1, 0.15) is 43.9 Å². The summed E-state index contributed by atoms with van der Waals surface area (Å²) in [7, 11) is 1.53. The van der Waals surface area contributed by atoms with E-state index in [9.17, 15) is 14.7 Å².